The number of carbonyl (C=O) groups excluding carboxylic acids is 2. The lowest BCUT2D eigenvalue weighted by molar-refractivity contribution is -0.148. The third-order valence-corrected chi connectivity index (χ3v) is 3.24. The Balaban J connectivity index is 3.12. The lowest BCUT2D eigenvalue weighted by atomic mass is 10.2. The van der Waals surface area contributed by atoms with E-state index in [4.69, 9.17) is 37.9 Å². The maximum absolute atomic E-state index is 11.9. The summed E-state index contributed by atoms with van der Waals surface area (Å²) in [7, 11) is 0. The Morgan fingerprint density at radius 1 is 1.38 bits per heavy atom. The SMILES string of the molecule is CCOC(=O)c1cc(Cl)cc(N=CC(C#N)C(=O)OC(C)C)c1Cl. The zero-order valence-electron chi connectivity index (χ0n) is 13.4. The summed E-state index contributed by atoms with van der Waals surface area (Å²) in [6, 6.07) is 4.54. The largest absolute Gasteiger partial charge is 0.462 e. The quantitative estimate of drug-likeness (QED) is 0.558. The molecule has 0 N–H and O–H groups in total. The van der Waals surface area contributed by atoms with Crippen LogP contribution in [0, 0.1) is 17.2 Å². The molecule has 0 aliphatic heterocycles. The number of halogens is 2. The molecule has 0 bridgehead atoms. The smallest absolute Gasteiger partial charge is 0.339 e. The molecule has 0 aliphatic rings. The van der Waals surface area contributed by atoms with Gasteiger partial charge in [-0.3, -0.25) is 9.79 Å². The lowest BCUT2D eigenvalue weighted by Crippen LogP contribution is -2.20. The van der Waals surface area contributed by atoms with E-state index in [9.17, 15) is 9.59 Å². The maximum Gasteiger partial charge on any atom is 0.339 e. The Labute approximate surface area is 150 Å². The minimum absolute atomic E-state index is 0.0167. The van der Waals surface area contributed by atoms with Crippen molar-refractivity contribution in [3.05, 3.63) is 27.7 Å². The van der Waals surface area contributed by atoms with E-state index in [0.717, 1.165) is 6.21 Å². The normalized spacial score (nSPS) is 12.0. The van der Waals surface area contributed by atoms with Gasteiger partial charge in [-0.25, -0.2) is 4.79 Å². The van der Waals surface area contributed by atoms with Gasteiger partial charge in [-0.05, 0) is 32.9 Å². The van der Waals surface area contributed by atoms with Gasteiger partial charge in [-0.15, -0.1) is 0 Å². The van der Waals surface area contributed by atoms with Crippen LogP contribution in [0.3, 0.4) is 0 Å². The summed E-state index contributed by atoms with van der Waals surface area (Å²) in [5, 5.41) is 9.28. The zero-order chi connectivity index (χ0) is 18.3. The van der Waals surface area contributed by atoms with Crippen LogP contribution in [0.2, 0.25) is 10.0 Å². The van der Waals surface area contributed by atoms with Crippen molar-refractivity contribution in [1.29, 1.82) is 5.26 Å². The number of nitrogens with zero attached hydrogens (tertiary/aromatic N) is 2. The second kappa shape index (κ2) is 9.26. The van der Waals surface area contributed by atoms with Gasteiger partial charge < -0.3 is 9.47 Å². The Bertz CT molecular complexity index is 696. The molecular formula is C16H16Cl2N2O4. The summed E-state index contributed by atoms with van der Waals surface area (Å²) in [6.45, 7) is 5.18. The molecule has 0 radical (unpaired) electrons. The van der Waals surface area contributed by atoms with Crippen molar-refractivity contribution in [2.24, 2.45) is 10.9 Å². The van der Waals surface area contributed by atoms with E-state index in [1.807, 2.05) is 0 Å². The van der Waals surface area contributed by atoms with Gasteiger partial charge >= 0.3 is 11.9 Å². The second-order valence-corrected chi connectivity index (χ2v) is 5.69. The first-order valence-electron chi connectivity index (χ1n) is 7.10. The summed E-state index contributed by atoms with van der Waals surface area (Å²) in [4.78, 5) is 27.6. The number of ether oxygens (including phenoxy) is 2. The molecular weight excluding hydrogens is 355 g/mol. The molecule has 0 saturated carbocycles. The van der Waals surface area contributed by atoms with Gasteiger partial charge in [0.05, 0.1) is 35.1 Å². The fourth-order valence-corrected chi connectivity index (χ4v) is 2.08. The van der Waals surface area contributed by atoms with Gasteiger partial charge in [0.2, 0.25) is 0 Å². The fraction of sp³-hybridized carbons (Fsp3) is 0.375. The third kappa shape index (κ3) is 5.52. The summed E-state index contributed by atoms with van der Waals surface area (Å²) in [6.07, 6.45) is 0.740. The van der Waals surface area contributed by atoms with E-state index in [1.54, 1.807) is 26.8 Å². The van der Waals surface area contributed by atoms with E-state index in [2.05, 4.69) is 4.99 Å². The van der Waals surface area contributed by atoms with Gasteiger partial charge in [0.1, 0.15) is 0 Å². The Morgan fingerprint density at radius 3 is 2.58 bits per heavy atom. The number of hydrogen-bond donors (Lipinski definition) is 0. The molecule has 0 saturated heterocycles. The first kappa shape index (κ1) is 19.9. The monoisotopic (exact) mass is 370 g/mol. The highest BCUT2D eigenvalue weighted by Crippen LogP contribution is 2.32. The highest BCUT2D eigenvalue weighted by atomic mass is 35.5. The minimum atomic E-state index is -1.20. The highest BCUT2D eigenvalue weighted by Gasteiger charge is 2.20. The summed E-state index contributed by atoms with van der Waals surface area (Å²) >= 11 is 12.1. The number of rotatable bonds is 6. The van der Waals surface area contributed by atoms with Crippen LogP contribution in [0.15, 0.2) is 17.1 Å². The van der Waals surface area contributed by atoms with E-state index in [0.29, 0.717) is 0 Å². The van der Waals surface area contributed by atoms with Crippen molar-refractivity contribution in [2.75, 3.05) is 6.61 Å². The van der Waals surface area contributed by atoms with Gasteiger partial charge in [0, 0.05) is 11.2 Å². The molecule has 0 fully saturated rings. The molecule has 1 unspecified atom stereocenters. The molecule has 0 amide bonds. The number of carbonyl (C=O) groups is 2. The Morgan fingerprint density at radius 2 is 2.04 bits per heavy atom. The fourth-order valence-electron chi connectivity index (χ4n) is 1.63. The van der Waals surface area contributed by atoms with E-state index in [1.165, 1.54) is 12.1 Å². The molecule has 0 aliphatic carbocycles. The highest BCUT2D eigenvalue weighted by molar-refractivity contribution is 6.38. The Hall–Kier alpha value is -2.10. The van der Waals surface area contributed by atoms with Gasteiger partial charge in [-0.1, -0.05) is 23.2 Å². The topological polar surface area (TPSA) is 88.8 Å². The second-order valence-electron chi connectivity index (χ2n) is 4.88. The number of aliphatic imine (C=N–C) groups is 1. The molecule has 1 aromatic rings. The van der Waals surface area contributed by atoms with Gasteiger partial charge in [-0.2, -0.15) is 5.26 Å². The maximum atomic E-state index is 11.9. The van der Waals surface area contributed by atoms with Crippen LogP contribution < -0.4 is 0 Å². The van der Waals surface area contributed by atoms with Crippen LogP contribution in [-0.2, 0) is 14.3 Å². The van der Waals surface area contributed by atoms with Crippen LogP contribution in [0.25, 0.3) is 0 Å². The van der Waals surface area contributed by atoms with Crippen molar-refractivity contribution in [3.63, 3.8) is 0 Å². The van der Waals surface area contributed by atoms with Crippen molar-refractivity contribution < 1.29 is 19.1 Å². The first-order chi connectivity index (χ1) is 11.3. The molecule has 0 heterocycles. The number of nitriles is 1. The molecule has 6 nitrogen and oxygen atoms in total. The molecule has 128 valence electrons. The van der Waals surface area contributed by atoms with Gasteiger partial charge in [0.25, 0.3) is 0 Å². The van der Waals surface area contributed by atoms with Crippen LogP contribution >= 0.6 is 23.2 Å². The molecule has 24 heavy (non-hydrogen) atoms. The molecule has 0 aromatic heterocycles. The van der Waals surface area contributed by atoms with E-state index >= 15 is 0 Å². The van der Waals surface area contributed by atoms with Crippen LogP contribution in [0.4, 0.5) is 5.69 Å². The van der Waals surface area contributed by atoms with Crippen molar-refractivity contribution in [1.82, 2.24) is 0 Å². The number of esters is 2. The standard InChI is InChI=1S/C16H16Cl2N2O4/c1-4-23-16(22)12-5-11(17)6-13(14(12)18)20-8-10(7-19)15(21)24-9(2)3/h5-6,8-10H,4H2,1-3H3. The van der Waals surface area contributed by atoms with E-state index < -0.39 is 17.9 Å². The number of hydrogen-bond acceptors (Lipinski definition) is 6. The van der Waals surface area contributed by atoms with Crippen LogP contribution in [0.1, 0.15) is 31.1 Å². The van der Waals surface area contributed by atoms with Crippen molar-refractivity contribution >= 4 is 47.0 Å². The first-order valence-corrected chi connectivity index (χ1v) is 7.86. The number of benzene rings is 1. The summed E-state index contributed by atoms with van der Waals surface area (Å²) in [5.74, 6) is -2.56. The third-order valence-electron chi connectivity index (χ3n) is 2.62. The predicted octanol–water partition coefficient (Wildman–Crippen LogP) is 3.96. The lowest BCUT2D eigenvalue weighted by Gasteiger charge is -2.09. The summed E-state index contributed by atoms with van der Waals surface area (Å²) in [5.41, 5.74) is 0.196. The van der Waals surface area contributed by atoms with Crippen molar-refractivity contribution in [3.8, 4) is 6.07 Å². The van der Waals surface area contributed by atoms with Gasteiger partial charge in [0.15, 0.2) is 5.92 Å². The average Bonchev–Trinajstić information content (AvgIpc) is 2.50. The summed E-state index contributed by atoms with van der Waals surface area (Å²) < 4.78 is 9.84. The molecule has 1 atom stereocenters. The van der Waals surface area contributed by atoms with Crippen molar-refractivity contribution in [2.45, 2.75) is 26.9 Å². The molecule has 8 heteroatoms. The molecule has 0 spiro atoms. The van der Waals surface area contributed by atoms with Crippen LogP contribution in [-0.4, -0.2) is 30.9 Å². The average molecular weight is 371 g/mol. The Kier molecular flexibility index (Phi) is 7.69. The zero-order valence-corrected chi connectivity index (χ0v) is 14.9. The van der Waals surface area contributed by atoms with E-state index in [-0.39, 0.29) is 34.0 Å². The van der Waals surface area contributed by atoms with Crippen LogP contribution in [0.5, 0.6) is 0 Å². The predicted molar refractivity (Wildman–Crippen MR) is 90.9 cm³/mol. The minimum Gasteiger partial charge on any atom is -0.462 e. The molecule has 1 rings (SSSR count). The molecule has 1 aromatic carbocycles.